The largest absolute Gasteiger partial charge is 0.504 e. The fourth-order valence-electron chi connectivity index (χ4n) is 3.72. The molecule has 0 saturated carbocycles. The molecule has 0 unspecified atom stereocenters. The van der Waals surface area contributed by atoms with E-state index in [1.807, 2.05) is 13.8 Å². The van der Waals surface area contributed by atoms with Crippen molar-refractivity contribution < 1.29 is 18.3 Å². The van der Waals surface area contributed by atoms with Crippen LogP contribution in [0.3, 0.4) is 0 Å². The summed E-state index contributed by atoms with van der Waals surface area (Å²) >= 11 is 5.99. The van der Waals surface area contributed by atoms with Crippen molar-refractivity contribution in [3.05, 3.63) is 37.6 Å². The van der Waals surface area contributed by atoms with Gasteiger partial charge in [-0.1, -0.05) is 25.4 Å². The molecule has 1 saturated heterocycles. The van der Waals surface area contributed by atoms with E-state index in [1.165, 1.54) is 12.1 Å². The van der Waals surface area contributed by atoms with Gasteiger partial charge in [-0.25, -0.2) is 13.1 Å². The molecule has 4 N–H and O–H groups in total. The second-order valence-corrected chi connectivity index (χ2v) is 9.64. The number of rotatable bonds is 9. The molecule has 1 aliphatic heterocycles. The number of aromatic hydroxyl groups is 1. The van der Waals surface area contributed by atoms with Gasteiger partial charge in [-0.15, -0.1) is 0 Å². The predicted molar refractivity (Wildman–Crippen MR) is 120 cm³/mol. The van der Waals surface area contributed by atoms with Crippen LogP contribution in [-0.4, -0.2) is 38.3 Å². The first-order valence-corrected chi connectivity index (χ1v) is 12.0. The third-order valence-electron chi connectivity index (χ3n) is 5.34. The molecule has 170 valence electrons. The third-order valence-corrected chi connectivity index (χ3v) is 7.39. The highest BCUT2D eigenvalue weighted by molar-refractivity contribution is 7.89. The van der Waals surface area contributed by atoms with Crippen molar-refractivity contribution in [2.24, 2.45) is 0 Å². The Kier molecular flexibility index (Phi) is 6.95. The van der Waals surface area contributed by atoms with Gasteiger partial charge in [0.15, 0.2) is 5.75 Å². The summed E-state index contributed by atoms with van der Waals surface area (Å²) in [5.74, 6) is -0.646. The second kappa shape index (κ2) is 9.15. The number of anilines is 3. The first-order valence-electron chi connectivity index (χ1n) is 10.1. The van der Waals surface area contributed by atoms with E-state index in [0.29, 0.717) is 6.42 Å². The van der Waals surface area contributed by atoms with Gasteiger partial charge in [0.1, 0.15) is 16.3 Å². The van der Waals surface area contributed by atoms with Crippen LogP contribution in [0.25, 0.3) is 0 Å². The minimum Gasteiger partial charge on any atom is -0.504 e. The first kappa shape index (κ1) is 23.5. The summed E-state index contributed by atoms with van der Waals surface area (Å²) < 4.78 is 32.9. The maximum atomic E-state index is 12.4. The Labute approximate surface area is 185 Å². The van der Waals surface area contributed by atoms with Crippen LogP contribution in [0.4, 0.5) is 17.1 Å². The average molecular weight is 472 g/mol. The van der Waals surface area contributed by atoms with Gasteiger partial charge in [0.2, 0.25) is 10.0 Å². The Morgan fingerprint density at radius 2 is 1.87 bits per heavy atom. The molecule has 2 aromatic carbocycles. The van der Waals surface area contributed by atoms with E-state index >= 15 is 0 Å². The number of ether oxygens (including phenoxy) is 1. The molecular weight excluding hydrogens is 446 g/mol. The highest BCUT2D eigenvalue weighted by Gasteiger charge is 2.32. The van der Waals surface area contributed by atoms with Gasteiger partial charge in [0, 0.05) is 6.54 Å². The summed E-state index contributed by atoms with van der Waals surface area (Å²) in [5, 5.41) is 16.2. The summed E-state index contributed by atoms with van der Waals surface area (Å²) in [6.07, 6.45) is 2.48. The van der Waals surface area contributed by atoms with Crippen molar-refractivity contribution in [3.63, 3.8) is 0 Å². The van der Waals surface area contributed by atoms with E-state index in [1.54, 1.807) is 6.92 Å². The highest BCUT2D eigenvalue weighted by Crippen LogP contribution is 2.38. The van der Waals surface area contributed by atoms with Crippen LogP contribution in [0.1, 0.15) is 40.0 Å². The molecule has 9 nitrogen and oxygen atoms in total. The summed E-state index contributed by atoms with van der Waals surface area (Å²) in [4.78, 5) is 23.9. The topological polar surface area (TPSA) is 134 Å². The minimum atomic E-state index is -4.07. The first-order chi connectivity index (χ1) is 14.6. The van der Waals surface area contributed by atoms with Crippen molar-refractivity contribution in [3.8, 4) is 5.75 Å². The van der Waals surface area contributed by atoms with E-state index in [4.69, 9.17) is 16.3 Å². The maximum absolute atomic E-state index is 12.4. The lowest BCUT2D eigenvalue weighted by molar-refractivity contribution is 0.0438. The summed E-state index contributed by atoms with van der Waals surface area (Å²) in [6, 6.07) is 2.45. The Morgan fingerprint density at radius 1 is 1.19 bits per heavy atom. The smallest absolute Gasteiger partial charge is 0.253 e. The molecule has 3 atom stereocenters. The van der Waals surface area contributed by atoms with Crippen LogP contribution < -0.4 is 26.2 Å². The number of sulfonamides is 1. The van der Waals surface area contributed by atoms with Crippen molar-refractivity contribution in [1.82, 2.24) is 4.72 Å². The predicted octanol–water partition coefficient (Wildman–Crippen LogP) is 2.44. The molecule has 0 aliphatic carbocycles. The Morgan fingerprint density at radius 3 is 2.45 bits per heavy atom. The van der Waals surface area contributed by atoms with Crippen molar-refractivity contribution in [2.45, 2.75) is 63.2 Å². The molecule has 31 heavy (non-hydrogen) atoms. The molecule has 3 rings (SSSR count). The van der Waals surface area contributed by atoms with E-state index in [-0.39, 0.29) is 46.9 Å². The fraction of sp³-hybridized carbons (Fsp3) is 0.500. The molecule has 0 spiro atoms. The number of phenols is 1. The molecule has 0 amide bonds. The second-order valence-electron chi connectivity index (χ2n) is 7.53. The number of halogens is 1. The number of hydrogen-bond donors (Lipinski definition) is 4. The van der Waals surface area contributed by atoms with Crippen molar-refractivity contribution >= 4 is 38.7 Å². The molecule has 0 aromatic heterocycles. The van der Waals surface area contributed by atoms with Crippen LogP contribution in [0, 0.1) is 0 Å². The van der Waals surface area contributed by atoms with Crippen LogP contribution in [0.15, 0.2) is 26.6 Å². The SMILES string of the molecule is CCNS(=O)(=O)c1c(Cl)ccc(Nc2c(N[C@H](CC)[C@H]3CC[C@@H](C)O3)c(=O)c2=O)c1O. The van der Waals surface area contributed by atoms with E-state index in [9.17, 15) is 23.1 Å². The zero-order chi connectivity index (χ0) is 22.9. The number of hydrogen-bond acceptors (Lipinski definition) is 8. The third kappa shape index (κ3) is 4.57. The van der Waals surface area contributed by atoms with Crippen LogP contribution in [0.5, 0.6) is 5.75 Å². The number of phenolic OH excluding ortho intramolecular Hbond substituents is 1. The molecular formula is C20H26ClN3O6S. The lowest BCUT2D eigenvalue weighted by atomic mass is 10.0. The summed E-state index contributed by atoms with van der Waals surface area (Å²) in [7, 11) is -4.07. The van der Waals surface area contributed by atoms with Gasteiger partial charge >= 0.3 is 0 Å². The van der Waals surface area contributed by atoms with Crippen molar-refractivity contribution in [1.29, 1.82) is 0 Å². The monoisotopic (exact) mass is 471 g/mol. The van der Waals surface area contributed by atoms with E-state index < -0.39 is 31.5 Å². The number of nitrogens with one attached hydrogen (secondary N) is 3. The molecule has 2 aromatic rings. The van der Waals surface area contributed by atoms with Crippen molar-refractivity contribution in [2.75, 3.05) is 17.2 Å². The van der Waals surface area contributed by atoms with E-state index in [0.717, 1.165) is 12.8 Å². The summed E-state index contributed by atoms with van der Waals surface area (Å²) in [5.41, 5.74) is -1.45. The van der Waals surface area contributed by atoms with Gasteiger partial charge in [0.05, 0.1) is 29.0 Å². The molecule has 0 bridgehead atoms. The Hall–Kier alpha value is -2.14. The Balaban J connectivity index is 1.91. The molecule has 1 heterocycles. The molecule has 1 fully saturated rings. The zero-order valence-corrected chi connectivity index (χ0v) is 19.1. The quantitative estimate of drug-likeness (QED) is 0.323. The average Bonchev–Trinajstić information content (AvgIpc) is 3.14. The van der Waals surface area contributed by atoms with E-state index in [2.05, 4.69) is 15.4 Å². The van der Waals surface area contributed by atoms with Crippen LogP contribution >= 0.6 is 11.6 Å². The Bertz CT molecular complexity index is 1140. The number of benzene rings is 1. The standard InChI is InChI=1S/C20H26ClN3O6S/c1-4-12(14-9-6-10(3)30-14)23-15-16(19(27)18(15)26)24-13-8-7-11(21)20(17(13)25)31(28,29)22-5-2/h7-8,10,12,14,22-25H,4-6,9H2,1-3H3/t10-,12-,14-/m1/s1. The maximum Gasteiger partial charge on any atom is 0.253 e. The van der Waals surface area contributed by atoms with Gasteiger partial charge < -0.3 is 20.5 Å². The summed E-state index contributed by atoms with van der Waals surface area (Å²) in [6.45, 7) is 5.62. The zero-order valence-electron chi connectivity index (χ0n) is 17.5. The van der Waals surface area contributed by atoms with Gasteiger partial charge in [-0.2, -0.15) is 0 Å². The van der Waals surface area contributed by atoms with Gasteiger partial charge in [-0.3, -0.25) is 9.59 Å². The highest BCUT2D eigenvalue weighted by atomic mass is 35.5. The van der Waals surface area contributed by atoms with Gasteiger partial charge in [-0.05, 0) is 38.3 Å². The lowest BCUT2D eigenvalue weighted by Crippen LogP contribution is -2.42. The lowest BCUT2D eigenvalue weighted by Gasteiger charge is -2.26. The minimum absolute atomic E-state index is 0.0427. The molecule has 1 aliphatic rings. The molecule has 11 heteroatoms. The molecule has 0 radical (unpaired) electrons. The van der Waals surface area contributed by atoms with Crippen LogP contribution in [-0.2, 0) is 14.8 Å². The van der Waals surface area contributed by atoms with Crippen LogP contribution in [0.2, 0.25) is 5.02 Å². The normalized spacial score (nSPS) is 20.1. The van der Waals surface area contributed by atoms with Gasteiger partial charge in [0.25, 0.3) is 10.9 Å². The fourth-order valence-corrected chi connectivity index (χ4v) is 5.39.